The molecule has 0 saturated heterocycles. The molecule has 30 heteroatoms. The second-order valence-corrected chi connectivity index (χ2v) is 38.4. The van der Waals surface area contributed by atoms with Crippen LogP contribution in [-0.4, -0.2) is 182 Å². The van der Waals surface area contributed by atoms with Crippen LogP contribution < -0.4 is 46.9 Å². The molecular formula is C98H98N12O17Si. The number of aliphatic hydroxyl groups excluding tert-OH is 1. The molecule has 3 aromatic heterocycles. The number of aryl methyl sites for hydroxylation is 4. The highest BCUT2D eigenvalue weighted by atomic mass is 28.4. The zero-order chi connectivity index (χ0) is 90.0. The Morgan fingerprint density at radius 1 is 0.445 bits per heavy atom. The Labute approximate surface area is 738 Å². The van der Waals surface area contributed by atoms with Crippen molar-refractivity contribution in [3.05, 3.63) is 369 Å². The predicted molar refractivity (Wildman–Crippen MR) is 479 cm³/mol. The molecule has 8 aromatic carbocycles. The molecule has 3 unspecified atom stereocenters. The number of esters is 1. The second-order valence-electron chi connectivity index (χ2n) is 33.6. The number of aromatic hydroxyl groups is 1. The van der Waals surface area contributed by atoms with Gasteiger partial charge in [-0.05, 0) is 124 Å². The number of fused-ring (bicyclic) bond motifs is 9. The molecule has 128 heavy (non-hydrogen) atoms. The van der Waals surface area contributed by atoms with Crippen LogP contribution >= 0.6 is 0 Å². The zero-order valence-corrected chi connectivity index (χ0v) is 72.7. The number of aliphatic hydroxyl groups is 1. The summed E-state index contributed by atoms with van der Waals surface area (Å²) in [6.45, 7) is 11.8. The van der Waals surface area contributed by atoms with Gasteiger partial charge in [0.25, 0.3) is 41.4 Å². The number of imide groups is 2. The first kappa shape index (κ1) is 87.2. The van der Waals surface area contributed by atoms with E-state index in [1.165, 1.54) is 72.9 Å². The Morgan fingerprint density at radius 3 is 1.28 bits per heavy atom. The Morgan fingerprint density at radius 2 is 0.828 bits per heavy atom. The highest BCUT2D eigenvalue weighted by Gasteiger charge is 2.51. The highest BCUT2D eigenvalue weighted by Crippen LogP contribution is 2.44. The van der Waals surface area contributed by atoms with Crippen LogP contribution in [0.15, 0.2) is 257 Å². The summed E-state index contributed by atoms with van der Waals surface area (Å²) < 4.78 is 28.5. The fourth-order valence-corrected chi connectivity index (χ4v) is 18.7. The summed E-state index contributed by atoms with van der Waals surface area (Å²) in [5, 5.41) is 24.2. The summed E-state index contributed by atoms with van der Waals surface area (Å²) in [6.07, 6.45) is 5.42. The monoisotopic (exact) mass is 1740 g/mol. The number of hydrogen-bond donors (Lipinski definition) is 4. The molecule has 29 nitrogen and oxygen atoms in total. The Kier molecular flexibility index (Phi) is 25.0. The summed E-state index contributed by atoms with van der Waals surface area (Å²) in [4.78, 5) is 154. The number of nitrogens with one attached hydrogen (secondary N) is 1. The van der Waals surface area contributed by atoms with Crippen LogP contribution in [-0.2, 0) is 52.9 Å². The van der Waals surface area contributed by atoms with Crippen LogP contribution in [0, 0.1) is 0 Å². The second kappa shape index (κ2) is 36.7. The number of rotatable bonds is 22. The minimum atomic E-state index is -2.13. The van der Waals surface area contributed by atoms with E-state index in [4.69, 9.17) is 24.4 Å². The van der Waals surface area contributed by atoms with Crippen LogP contribution in [0.5, 0.6) is 17.2 Å². The van der Waals surface area contributed by atoms with Gasteiger partial charge in [0.1, 0.15) is 38.3 Å². The van der Waals surface area contributed by atoms with E-state index in [9.17, 15) is 63.0 Å². The molecule has 18 rings (SSSR count). The van der Waals surface area contributed by atoms with Gasteiger partial charge >= 0.3 is 5.97 Å². The van der Waals surface area contributed by atoms with E-state index in [0.717, 1.165) is 75.1 Å². The third-order valence-electron chi connectivity index (χ3n) is 25.0. The summed E-state index contributed by atoms with van der Waals surface area (Å²) in [7, 11) is -2.13. The first-order valence-electron chi connectivity index (χ1n) is 42.6. The van der Waals surface area contributed by atoms with Gasteiger partial charge in [0.15, 0.2) is 42.6 Å². The molecule has 0 fully saturated rings. The molecule has 0 spiro atoms. The molecule has 3 atom stereocenters. The van der Waals surface area contributed by atoms with Gasteiger partial charge in [0, 0.05) is 63.3 Å². The molecule has 0 bridgehead atoms. The molecule has 0 radical (unpaired) electrons. The molecule has 2 aliphatic carbocycles. The number of pyridine rings is 3. The maximum absolute atomic E-state index is 15.0. The van der Waals surface area contributed by atoms with E-state index in [-0.39, 0.29) is 123 Å². The van der Waals surface area contributed by atoms with Crippen LogP contribution in [0.3, 0.4) is 0 Å². The lowest BCUT2D eigenvalue weighted by Gasteiger charge is -2.50. The van der Waals surface area contributed by atoms with Crippen LogP contribution in [0.4, 0.5) is 0 Å². The molecule has 7 amide bonds. The van der Waals surface area contributed by atoms with Crippen molar-refractivity contribution in [2.24, 2.45) is 5.73 Å². The van der Waals surface area contributed by atoms with Crippen LogP contribution in [0.25, 0.3) is 0 Å². The number of carbonyl (C=O) groups is 8. The average Bonchev–Trinajstić information content (AvgIpc) is 1.16. The van der Waals surface area contributed by atoms with Crippen molar-refractivity contribution in [2.45, 2.75) is 115 Å². The fourth-order valence-electron chi connectivity index (χ4n) is 17.6. The van der Waals surface area contributed by atoms with Crippen LogP contribution in [0.1, 0.15) is 168 Å². The van der Waals surface area contributed by atoms with Crippen LogP contribution in [0.2, 0.25) is 18.1 Å². The molecule has 5 N–H and O–H groups in total. The van der Waals surface area contributed by atoms with E-state index in [1.54, 1.807) is 64.1 Å². The van der Waals surface area contributed by atoms with Crippen molar-refractivity contribution in [3.8, 4) is 17.2 Å². The van der Waals surface area contributed by atoms with Gasteiger partial charge in [0.2, 0.25) is 16.3 Å². The van der Waals surface area contributed by atoms with Crippen molar-refractivity contribution in [3.63, 3.8) is 0 Å². The fraction of sp³-hybridized carbons (Fsp3) is 0.276. The van der Waals surface area contributed by atoms with Gasteiger partial charge in [0.05, 0.1) is 67.2 Å². The normalized spacial score (nSPS) is 16.9. The average molecular weight is 1740 g/mol. The third-order valence-corrected chi connectivity index (χ3v) is 29.5. The van der Waals surface area contributed by atoms with Crippen molar-refractivity contribution < 1.29 is 67.2 Å². The van der Waals surface area contributed by atoms with E-state index in [0.29, 0.717) is 11.1 Å². The number of aromatic nitrogens is 3. The number of nitrogens with two attached hydrogens (primary N) is 1. The third kappa shape index (κ3) is 16.8. The molecule has 7 aliphatic rings. The van der Waals surface area contributed by atoms with Gasteiger partial charge in [-0.15, -0.1) is 0 Å². The number of β-amino-alcohol motifs (C(OH)–C–C–N with tert-alkyl or cyclic N) is 1. The summed E-state index contributed by atoms with van der Waals surface area (Å²) >= 11 is 0. The lowest BCUT2D eigenvalue weighted by atomic mass is 9.93. The lowest BCUT2D eigenvalue weighted by molar-refractivity contribution is -0.141. The summed E-state index contributed by atoms with van der Waals surface area (Å²) in [6, 6.07) is 67.6. The first-order valence-corrected chi connectivity index (χ1v) is 45.5. The quantitative estimate of drug-likeness (QED) is 0.0278. The Balaban J connectivity index is 0.000000145. The Bertz CT molecular complexity index is 6190. The predicted octanol–water partition coefficient (Wildman–Crippen LogP) is 10.1. The lowest BCUT2D eigenvalue weighted by Crippen LogP contribution is -2.66. The molecule has 0 saturated carbocycles. The molecule has 11 aromatic rings. The molecule has 5 aliphatic heterocycles. The Hall–Kier alpha value is -14.3. The van der Waals surface area contributed by atoms with Gasteiger partial charge in [-0.25, -0.2) is 0 Å². The van der Waals surface area contributed by atoms with Crippen molar-refractivity contribution in [2.75, 3.05) is 74.5 Å². The van der Waals surface area contributed by atoms with Gasteiger partial charge in [-0.2, -0.15) is 0 Å². The topological polar surface area (TPSA) is 341 Å². The van der Waals surface area contributed by atoms with Crippen molar-refractivity contribution in [1.29, 1.82) is 0 Å². The summed E-state index contributed by atoms with van der Waals surface area (Å²) in [5.74, 6) is -4.72. The minimum absolute atomic E-state index is 0.0194. The number of amides is 7. The molecule has 8 heterocycles. The van der Waals surface area contributed by atoms with Crippen molar-refractivity contribution in [1.82, 2.24) is 38.5 Å². The van der Waals surface area contributed by atoms with E-state index in [2.05, 4.69) is 87.8 Å². The van der Waals surface area contributed by atoms with E-state index in [1.807, 2.05) is 119 Å². The number of hydrogen-bond acceptors (Lipinski definition) is 21. The smallest absolute Gasteiger partial charge is 0.302 e. The highest BCUT2D eigenvalue weighted by molar-refractivity contribution is 6.74. The molecular weight excluding hydrogens is 1650 g/mol. The number of carbonyl (C=O) groups excluding carboxylic acids is 8. The number of ether oxygens (including phenoxy) is 3. The minimum Gasteiger partial charge on any atom is -0.502 e. The van der Waals surface area contributed by atoms with Crippen molar-refractivity contribution >= 4 is 55.6 Å². The summed E-state index contributed by atoms with van der Waals surface area (Å²) in [5.41, 5.74) is 19.3. The maximum Gasteiger partial charge on any atom is 0.302 e. The SMILES string of the molecule is CC(=O)OCCN1C(=O)c2c(OCc3ccccc3)c(=O)ccn2N(C2c3ccccc3CCc3ccccc32)C1CN1C(=O)c2ccccc2C1=O.CC(C)(C)[Si](C)(C)OCCN1C(=O)c2c(OCc3ccccc3)c(=O)ccn2NC1CN1C(=O)c2ccccc2C1=O.NCC1N(CCO)C(=O)c2c(O)c(=O)ccn2N1C1c2ccccc2CCc2ccccc21. The number of nitrogens with zero attached hydrogens (tertiary/aromatic N) is 10. The first-order chi connectivity index (χ1) is 61.8. The van der Waals surface area contributed by atoms with E-state index >= 15 is 0 Å². The van der Waals surface area contributed by atoms with Gasteiger partial charge in [-0.1, -0.05) is 203 Å². The zero-order valence-electron chi connectivity index (χ0n) is 71.7. The largest absolute Gasteiger partial charge is 0.502 e. The maximum atomic E-state index is 15.0. The van der Waals surface area contributed by atoms with Gasteiger partial charge < -0.3 is 54.7 Å². The van der Waals surface area contributed by atoms with Gasteiger partial charge in [-0.3, -0.25) is 86.6 Å². The molecule has 656 valence electrons. The standard InChI is InChI=1S/C42H36N4O7.C31H36N4O6Si.C25H26N4O4/c1-27(47)52-24-23-43-36(25-44-40(49)33-17-9-10-18-34(33)41(44)50)46(37-31-15-7-5-13-29(31)19-20-30-14-6-8-16-32(30)37)45-22-21-35(48)39(38(45)42(43)51)53-26-28-11-3-2-4-12-28;1-31(2,3)42(4,5)41-18-17-33-25(19-34-28(37)22-13-9-10-14-23(22)29(34)38)32-35-16-15-24(36)27(26(35)30(33)39)40-20-21-11-7-6-8-12-21;26-15-21-27(13-14-30)25(33)23-24(32)20(31)11-12-28(23)29(21)22-18-7-3-1-5-16(18)9-10-17-6-2-4-8-19(17)22/h2-18,21-22,36-37H,19-20,23-26H2,1H3;6-16,25,32H,17-20H2,1-5H3;1-8,11-12,21-22,30,32H,9-10,13-15,26H2. The number of benzene rings is 8. The van der Waals surface area contributed by atoms with E-state index < -0.39 is 102 Å².